The number of amides is 1. The molecule has 2 nitrogen and oxygen atoms in total. The van der Waals surface area contributed by atoms with E-state index in [9.17, 15) is 4.79 Å². The summed E-state index contributed by atoms with van der Waals surface area (Å²) in [6.45, 7) is 0. The Balaban J connectivity index is 2.02. The van der Waals surface area contributed by atoms with E-state index in [1.165, 1.54) is 0 Å². The molecule has 6 heteroatoms. The lowest BCUT2D eigenvalue weighted by molar-refractivity contribution is -0.115. The Bertz CT molecular complexity index is 749. The molecular formula is C15H9Br2Cl2NO. The van der Waals surface area contributed by atoms with Gasteiger partial charge in [-0.15, -0.1) is 0 Å². The highest BCUT2D eigenvalue weighted by Crippen LogP contribution is 2.40. The Labute approximate surface area is 149 Å². The summed E-state index contributed by atoms with van der Waals surface area (Å²) >= 11 is 19.5. The average molecular weight is 450 g/mol. The third kappa shape index (κ3) is 3.00. The standard InChI is InChI=1S/C15H9Br2Cl2NO/c16-10-2-1-7(4-12(10)19)15(17)9-3-8-5-14(21)20-13(8)6-11(9)18/h1-4,6,15H,5H2,(H,20,21). The van der Waals surface area contributed by atoms with Crippen molar-refractivity contribution in [1.29, 1.82) is 0 Å². The van der Waals surface area contributed by atoms with E-state index in [-0.39, 0.29) is 10.7 Å². The Morgan fingerprint density at radius 2 is 1.90 bits per heavy atom. The molecule has 108 valence electrons. The zero-order valence-corrected chi connectivity index (χ0v) is 15.3. The summed E-state index contributed by atoms with van der Waals surface area (Å²) < 4.78 is 0.850. The van der Waals surface area contributed by atoms with Crippen LogP contribution in [-0.2, 0) is 11.2 Å². The van der Waals surface area contributed by atoms with Gasteiger partial charge in [-0.05, 0) is 50.8 Å². The van der Waals surface area contributed by atoms with Gasteiger partial charge in [0.2, 0.25) is 5.91 Å². The van der Waals surface area contributed by atoms with Gasteiger partial charge in [-0.1, -0.05) is 51.3 Å². The molecule has 1 atom stereocenters. The predicted octanol–water partition coefficient (Wildman–Crippen LogP) is 5.73. The molecule has 0 fully saturated rings. The van der Waals surface area contributed by atoms with Gasteiger partial charge in [0.05, 0.1) is 16.3 Å². The number of fused-ring (bicyclic) bond motifs is 1. The van der Waals surface area contributed by atoms with E-state index in [1.54, 1.807) is 6.07 Å². The number of carbonyl (C=O) groups excluding carboxylic acids is 1. The molecule has 1 aliphatic heterocycles. The number of anilines is 1. The molecule has 1 N–H and O–H groups in total. The first-order chi connectivity index (χ1) is 9.95. The van der Waals surface area contributed by atoms with Crippen molar-refractivity contribution < 1.29 is 4.79 Å². The largest absolute Gasteiger partial charge is 0.325 e. The molecule has 0 saturated heterocycles. The summed E-state index contributed by atoms with van der Waals surface area (Å²) in [5, 5.41) is 4.05. The van der Waals surface area contributed by atoms with E-state index >= 15 is 0 Å². The topological polar surface area (TPSA) is 29.1 Å². The lowest BCUT2D eigenvalue weighted by Gasteiger charge is -2.15. The summed E-state index contributed by atoms with van der Waals surface area (Å²) in [6.07, 6.45) is 0.389. The second-order valence-electron chi connectivity index (χ2n) is 4.79. The second-order valence-corrected chi connectivity index (χ2v) is 7.38. The summed E-state index contributed by atoms with van der Waals surface area (Å²) in [5.41, 5.74) is 3.68. The quantitative estimate of drug-likeness (QED) is 0.582. The van der Waals surface area contributed by atoms with Crippen LogP contribution in [0.5, 0.6) is 0 Å². The number of halogens is 4. The normalized spacial score (nSPS) is 14.8. The summed E-state index contributed by atoms with van der Waals surface area (Å²) in [7, 11) is 0. The fraction of sp³-hybridized carbons (Fsp3) is 0.133. The number of carbonyl (C=O) groups is 1. The van der Waals surface area contributed by atoms with Crippen LogP contribution in [0, 0.1) is 0 Å². The number of alkyl halides is 1. The fourth-order valence-corrected chi connectivity index (χ4v) is 3.81. The van der Waals surface area contributed by atoms with Crippen molar-refractivity contribution in [3.63, 3.8) is 0 Å². The van der Waals surface area contributed by atoms with Crippen molar-refractivity contribution in [3.8, 4) is 0 Å². The predicted molar refractivity (Wildman–Crippen MR) is 93.7 cm³/mol. The zero-order chi connectivity index (χ0) is 15.1. The molecule has 2 aromatic rings. The van der Waals surface area contributed by atoms with Gasteiger partial charge in [-0.3, -0.25) is 4.79 Å². The lowest BCUT2D eigenvalue weighted by atomic mass is 10.0. The van der Waals surface area contributed by atoms with E-state index in [2.05, 4.69) is 37.2 Å². The van der Waals surface area contributed by atoms with Crippen LogP contribution >= 0.6 is 55.1 Å². The van der Waals surface area contributed by atoms with Crippen LogP contribution < -0.4 is 5.32 Å². The van der Waals surface area contributed by atoms with Crippen molar-refractivity contribution in [2.24, 2.45) is 0 Å². The number of hydrogen-bond donors (Lipinski definition) is 1. The van der Waals surface area contributed by atoms with Gasteiger partial charge in [-0.2, -0.15) is 0 Å². The van der Waals surface area contributed by atoms with Crippen LogP contribution in [0.2, 0.25) is 10.0 Å². The monoisotopic (exact) mass is 447 g/mol. The average Bonchev–Trinajstić information content (AvgIpc) is 2.79. The number of hydrogen-bond acceptors (Lipinski definition) is 1. The van der Waals surface area contributed by atoms with Gasteiger partial charge < -0.3 is 5.32 Å². The van der Waals surface area contributed by atoms with Crippen molar-refractivity contribution in [2.45, 2.75) is 11.2 Å². The molecule has 3 rings (SSSR count). The molecule has 0 spiro atoms. The molecule has 1 aliphatic rings. The minimum atomic E-state index is -0.0865. The first-order valence-electron chi connectivity index (χ1n) is 6.17. The Morgan fingerprint density at radius 3 is 2.62 bits per heavy atom. The Morgan fingerprint density at radius 1 is 1.14 bits per heavy atom. The first-order valence-corrected chi connectivity index (χ1v) is 8.63. The van der Waals surface area contributed by atoms with Crippen molar-refractivity contribution in [1.82, 2.24) is 0 Å². The van der Waals surface area contributed by atoms with Gasteiger partial charge >= 0.3 is 0 Å². The van der Waals surface area contributed by atoms with E-state index in [0.29, 0.717) is 16.5 Å². The van der Waals surface area contributed by atoms with Crippen molar-refractivity contribution in [2.75, 3.05) is 5.32 Å². The molecule has 21 heavy (non-hydrogen) atoms. The maximum atomic E-state index is 11.5. The molecule has 0 aliphatic carbocycles. The SMILES string of the molecule is O=C1Cc2cc(C(Br)c3ccc(Br)c(Cl)c3)c(Cl)cc2N1. The fourth-order valence-electron chi connectivity index (χ4n) is 2.31. The zero-order valence-electron chi connectivity index (χ0n) is 10.6. The van der Waals surface area contributed by atoms with Gasteiger partial charge in [-0.25, -0.2) is 0 Å². The molecule has 0 bridgehead atoms. The molecule has 0 saturated carbocycles. The molecule has 0 aromatic heterocycles. The maximum Gasteiger partial charge on any atom is 0.228 e. The second kappa shape index (κ2) is 5.92. The van der Waals surface area contributed by atoms with E-state index < -0.39 is 0 Å². The molecule has 1 heterocycles. The lowest BCUT2D eigenvalue weighted by Crippen LogP contribution is -2.03. The first kappa shape index (κ1) is 15.3. The maximum absolute atomic E-state index is 11.5. The summed E-state index contributed by atoms with van der Waals surface area (Å²) in [4.78, 5) is 11.4. The third-order valence-corrected chi connectivity index (χ3v) is 5.94. The number of rotatable bonds is 2. The van der Waals surface area contributed by atoms with Crippen LogP contribution in [-0.4, -0.2) is 5.91 Å². The van der Waals surface area contributed by atoms with Gasteiger partial charge in [0.25, 0.3) is 0 Å². The van der Waals surface area contributed by atoms with Crippen molar-refractivity contribution >= 4 is 66.7 Å². The van der Waals surface area contributed by atoms with Crippen LogP contribution in [0.25, 0.3) is 0 Å². The van der Waals surface area contributed by atoms with Crippen LogP contribution in [0.1, 0.15) is 21.5 Å². The highest BCUT2D eigenvalue weighted by Gasteiger charge is 2.22. The van der Waals surface area contributed by atoms with E-state index in [4.69, 9.17) is 23.2 Å². The number of benzene rings is 2. The highest BCUT2D eigenvalue weighted by atomic mass is 79.9. The number of nitrogens with one attached hydrogen (secondary N) is 1. The summed E-state index contributed by atoms with van der Waals surface area (Å²) in [6, 6.07) is 9.52. The minimum absolute atomic E-state index is 0.00368. The molecule has 0 radical (unpaired) electrons. The molecule has 2 aromatic carbocycles. The Hall–Kier alpha value is -0.550. The van der Waals surface area contributed by atoms with Crippen LogP contribution in [0.4, 0.5) is 5.69 Å². The molecule has 1 unspecified atom stereocenters. The van der Waals surface area contributed by atoms with Crippen LogP contribution in [0.15, 0.2) is 34.8 Å². The summed E-state index contributed by atoms with van der Waals surface area (Å²) in [5.74, 6) is -0.00368. The molecule has 1 amide bonds. The minimum Gasteiger partial charge on any atom is -0.325 e. The van der Waals surface area contributed by atoms with Gasteiger partial charge in [0, 0.05) is 15.2 Å². The van der Waals surface area contributed by atoms with Gasteiger partial charge in [0.15, 0.2) is 0 Å². The Kier molecular flexibility index (Phi) is 4.33. The highest BCUT2D eigenvalue weighted by molar-refractivity contribution is 9.10. The van der Waals surface area contributed by atoms with Crippen LogP contribution in [0.3, 0.4) is 0 Å². The van der Waals surface area contributed by atoms with E-state index in [0.717, 1.165) is 26.9 Å². The smallest absolute Gasteiger partial charge is 0.228 e. The molecular weight excluding hydrogens is 441 g/mol. The third-order valence-electron chi connectivity index (χ3n) is 3.36. The van der Waals surface area contributed by atoms with E-state index in [1.807, 2.05) is 24.3 Å². The van der Waals surface area contributed by atoms with Gasteiger partial charge in [0.1, 0.15) is 0 Å². The van der Waals surface area contributed by atoms with Crippen molar-refractivity contribution in [3.05, 3.63) is 61.5 Å².